The molecule has 0 bridgehead atoms. The molecule has 3 rings (SSSR count). The molecule has 0 radical (unpaired) electrons. The van der Waals surface area contributed by atoms with Crippen molar-refractivity contribution in [1.82, 2.24) is 0 Å². The van der Waals surface area contributed by atoms with Crippen LogP contribution in [0.2, 0.25) is 0 Å². The van der Waals surface area contributed by atoms with Gasteiger partial charge in [-0.2, -0.15) is 0 Å². The SMILES string of the molecule is CCc1ccc(C2COC(c3ccc(CC)cc3)C(C(=O)C=O)O2)cc1. The number of benzene rings is 2. The lowest BCUT2D eigenvalue weighted by molar-refractivity contribution is -0.190. The largest absolute Gasteiger partial charge is 0.367 e. The van der Waals surface area contributed by atoms with Gasteiger partial charge < -0.3 is 9.47 Å². The molecular formula is C22H24O4. The normalized spacial score (nSPS) is 22.8. The Balaban J connectivity index is 1.82. The number of Topliss-reactive ketones (excluding diaryl/α,β-unsaturated/α-hetero) is 1. The van der Waals surface area contributed by atoms with Crippen molar-refractivity contribution in [2.75, 3.05) is 6.61 Å². The molecule has 1 saturated heterocycles. The third-order valence-corrected chi connectivity index (χ3v) is 4.89. The maximum absolute atomic E-state index is 12.2. The molecule has 0 aromatic heterocycles. The number of hydrogen-bond donors (Lipinski definition) is 0. The molecule has 0 saturated carbocycles. The second-order valence-corrected chi connectivity index (χ2v) is 6.51. The first-order valence-electron chi connectivity index (χ1n) is 9.10. The van der Waals surface area contributed by atoms with Crippen molar-refractivity contribution in [2.24, 2.45) is 0 Å². The van der Waals surface area contributed by atoms with Crippen LogP contribution in [0.1, 0.15) is 48.3 Å². The van der Waals surface area contributed by atoms with E-state index in [2.05, 4.69) is 13.8 Å². The van der Waals surface area contributed by atoms with Gasteiger partial charge in [-0.1, -0.05) is 62.4 Å². The van der Waals surface area contributed by atoms with E-state index in [1.807, 2.05) is 48.5 Å². The van der Waals surface area contributed by atoms with Crippen LogP contribution in [0.5, 0.6) is 0 Å². The van der Waals surface area contributed by atoms with Gasteiger partial charge in [0.05, 0.1) is 6.61 Å². The summed E-state index contributed by atoms with van der Waals surface area (Å²) in [6, 6.07) is 16.0. The molecule has 2 aromatic rings. The van der Waals surface area contributed by atoms with Gasteiger partial charge in [-0.05, 0) is 35.1 Å². The molecule has 136 valence electrons. The summed E-state index contributed by atoms with van der Waals surface area (Å²) in [6.07, 6.45) is 0.374. The Kier molecular flexibility index (Phi) is 5.96. The monoisotopic (exact) mass is 352 g/mol. The number of aldehydes is 1. The molecule has 1 fully saturated rings. The Morgan fingerprint density at radius 3 is 2.00 bits per heavy atom. The van der Waals surface area contributed by atoms with Crippen molar-refractivity contribution in [3.63, 3.8) is 0 Å². The fraction of sp³-hybridized carbons (Fsp3) is 0.364. The van der Waals surface area contributed by atoms with Gasteiger partial charge in [0.25, 0.3) is 0 Å². The second-order valence-electron chi connectivity index (χ2n) is 6.51. The van der Waals surface area contributed by atoms with E-state index in [-0.39, 0.29) is 6.10 Å². The minimum Gasteiger partial charge on any atom is -0.367 e. The van der Waals surface area contributed by atoms with Crippen LogP contribution in [0.4, 0.5) is 0 Å². The van der Waals surface area contributed by atoms with E-state index in [0.29, 0.717) is 12.9 Å². The topological polar surface area (TPSA) is 52.6 Å². The fourth-order valence-corrected chi connectivity index (χ4v) is 3.21. The van der Waals surface area contributed by atoms with Crippen molar-refractivity contribution in [2.45, 2.75) is 45.0 Å². The molecule has 0 N–H and O–H groups in total. The Morgan fingerprint density at radius 1 is 0.962 bits per heavy atom. The van der Waals surface area contributed by atoms with E-state index in [4.69, 9.17) is 9.47 Å². The zero-order chi connectivity index (χ0) is 18.5. The predicted molar refractivity (Wildman–Crippen MR) is 99.0 cm³/mol. The van der Waals surface area contributed by atoms with Crippen LogP contribution in [0, 0.1) is 0 Å². The highest BCUT2D eigenvalue weighted by Crippen LogP contribution is 2.35. The Morgan fingerprint density at radius 2 is 1.50 bits per heavy atom. The Labute approximate surface area is 154 Å². The number of rotatable bonds is 6. The summed E-state index contributed by atoms with van der Waals surface area (Å²) in [5.74, 6) is -0.593. The average Bonchev–Trinajstić information content (AvgIpc) is 2.73. The first-order valence-corrected chi connectivity index (χ1v) is 9.10. The zero-order valence-electron chi connectivity index (χ0n) is 15.2. The number of carbonyl (C=O) groups is 2. The second kappa shape index (κ2) is 8.39. The minimum absolute atomic E-state index is 0.323. The number of aryl methyl sites for hydroxylation is 2. The van der Waals surface area contributed by atoms with E-state index in [0.717, 1.165) is 24.0 Å². The molecule has 1 heterocycles. The summed E-state index contributed by atoms with van der Waals surface area (Å²) in [4.78, 5) is 23.3. The summed E-state index contributed by atoms with van der Waals surface area (Å²) in [6.45, 7) is 4.53. The maximum atomic E-state index is 12.2. The summed E-state index contributed by atoms with van der Waals surface area (Å²) in [7, 11) is 0. The molecule has 3 unspecified atom stereocenters. The van der Waals surface area contributed by atoms with E-state index in [9.17, 15) is 9.59 Å². The summed E-state index contributed by atoms with van der Waals surface area (Å²) in [5.41, 5.74) is 4.24. The lowest BCUT2D eigenvalue weighted by atomic mass is 9.97. The van der Waals surface area contributed by atoms with Gasteiger partial charge >= 0.3 is 0 Å². The van der Waals surface area contributed by atoms with Crippen LogP contribution in [-0.4, -0.2) is 24.8 Å². The van der Waals surface area contributed by atoms with Crippen molar-refractivity contribution >= 4 is 12.1 Å². The molecule has 3 atom stereocenters. The van der Waals surface area contributed by atoms with E-state index in [1.165, 1.54) is 11.1 Å². The molecule has 0 amide bonds. The van der Waals surface area contributed by atoms with Crippen molar-refractivity contribution in [3.8, 4) is 0 Å². The van der Waals surface area contributed by atoms with E-state index < -0.39 is 18.0 Å². The van der Waals surface area contributed by atoms with Gasteiger partial charge in [0.15, 0.2) is 12.4 Å². The molecule has 1 aliphatic rings. The summed E-state index contributed by atoms with van der Waals surface area (Å²) < 4.78 is 12.0. The van der Waals surface area contributed by atoms with Crippen molar-refractivity contribution < 1.29 is 19.1 Å². The summed E-state index contributed by atoms with van der Waals surface area (Å²) >= 11 is 0. The van der Waals surface area contributed by atoms with Gasteiger partial charge in [0.2, 0.25) is 5.78 Å². The van der Waals surface area contributed by atoms with Crippen LogP contribution < -0.4 is 0 Å². The predicted octanol–water partition coefficient (Wildman–Crippen LogP) is 3.78. The van der Waals surface area contributed by atoms with Gasteiger partial charge in [0.1, 0.15) is 12.2 Å². The first-order chi connectivity index (χ1) is 12.7. The maximum Gasteiger partial charge on any atom is 0.226 e. The van der Waals surface area contributed by atoms with E-state index >= 15 is 0 Å². The lowest BCUT2D eigenvalue weighted by Gasteiger charge is -2.35. The van der Waals surface area contributed by atoms with Crippen LogP contribution in [0.3, 0.4) is 0 Å². The number of ether oxygens (including phenoxy) is 2. The number of hydrogen-bond acceptors (Lipinski definition) is 4. The molecule has 0 spiro atoms. The third-order valence-electron chi connectivity index (χ3n) is 4.89. The Bertz CT molecular complexity index is 749. The molecule has 4 heteroatoms. The first kappa shape index (κ1) is 18.5. The summed E-state index contributed by atoms with van der Waals surface area (Å²) in [5, 5.41) is 0. The van der Waals surface area contributed by atoms with Gasteiger partial charge in [-0.3, -0.25) is 9.59 Å². The minimum atomic E-state index is -0.926. The van der Waals surface area contributed by atoms with Crippen LogP contribution >= 0.6 is 0 Å². The number of carbonyl (C=O) groups excluding carboxylic acids is 2. The van der Waals surface area contributed by atoms with Crippen molar-refractivity contribution in [3.05, 3.63) is 70.8 Å². The highest BCUT2D eigenvalue weighted by molar-refractivity contribution is 6.27. The van der Waals surface area contributed by atoms with Crippen LogP contribution in [0.25, 0.3) is 0 Å². The molecular weight excluding hydrogens is 328 g/mol. The van der Waals surface area contributed by atoms with Crippen LogP contribution in [-0.2, 0) is 31.9 Å². The molecule has 26 heavy (non-hydrogen) atoms. The van der Waals surface area contributed by atoms with Gasteiger partial charge in [-0.15, -0.1) is 0 Å². The number of ketones is 1. The molecule has 2 aromatic carbocycles. The molecule has 4 nitrogen and oxygen atoms in total. The van der Waals surface area contributed by atoms with Crippen LogP contribution in [0.15, 0.2) is 48.5 Å². The smallest absolute Gasteiger partial charge is 0.226 e. The average molecular weight is 352 g/mol. The highest BCUT2D eigenvalue weighted by Gasteiger charge is 2.38. The van der Waals surface area contributed by atoms with Gasteiger partial charge in [-0.25, -0.2) is 0 Å². The quantitative estimate of drug-likeness (QED) is 0.586. The fourth-order valence-electron chi connectivity index (χ4n) is 3.21. The lowest BCUT2D eigenvalue weighted by Crippen LogP contribution is -2.40. The van der Waals surface area contributed by atoms with E-state index in [1.54, 1.807) is 0 Å². The highest BCUT2D eigenvalue weighted by atomic mass is 16.6. The van der Waals surface area contributed by atoms with Crippen molar-refractivity contribution in [1.29, 1.82) is 0 Å². The standard InChI is InChI=1S/C22H24O4/c1-3-15-5-9-17(10-6-15)20-14-25-21(22(26-20)19(24)13-23)18-11-7-16(4-2)8-12-18/h5-13,20-22H,3-4,14H2,1-2H3. The van der Waals surface area contributed by atoms with Gasteiger partial charge in [0, 0.05) is 0 Å². The zero-order valence-corrected chi connectivity index (χ0v) is 15.2. The molecule has 0 aliphatic carbocycles. The Hall–Kier alpha value is -2.30. The molecule has 1 aliphatic heterocycles. The third kappa shape index (κ3) is 3.92.